The van der Waals surface area contributed by atoms with Crippen LogP contribution in [0.25, 0.3) is 103 Å². The van der Waals surface area contributed by atoms with Crippen molar-refractivity contribution >= 4 is 74.9 Å². The molecule has 0 aliphatic carbocycles. The van der Waals surface area contributed by atoms with Gasteiger partial charge in [-0.1, -0.05) is 133 Å². The molecule has 0 fully saturated rings. The highest BCUT2D eigenvalue weighted by Crippen LogP contribution is 2.41. The Bertz CT molecular complexity index is 3080. The standard InChI is InChI=1S/C48H29N3S/c1-2-12-32(13-3-1)40-29-41(50-48(49-40)34-20-25-39-38-16-8-9-17-44(38)52-45(39)28-34)33-18-23-35(24-19-33)51-42-26-21-30-10-4-6-14-36(30)46(42)47-37-15-7-5-11-31(37)22-27-43(47)51/h1-29H. The number of thiophene rings is 1. The molecular formula is C48H29N3S. The Balaban J connectivity index is 1.08. The molecule has 3 heterocycles. The summed E-state index contributed by atoms with van der Waals surface area (Å²) in [5, 5.41) is 10.2. The van der Waals surface area contributed by atoms with E-state index in [1.807, 2.05) is 17.4 Å². The van der Waals surface area contributed by atoms with Crippen LogP contribution < -0.4 is 0 Å². The molecule has 0 spiro atoms. The largest absolute Gasteiger partial charge is 0.309 e. The zero-order valence-electron chi connectivity index (χ0n) is 28.0. The highest BCUT2D eigenvalue weighted by molar-refractivity contribution is 7.25. The SMILES string of the molecule is c1ccc(-c2cc(-c3ccc(-n4c5ccc6ccccc6c5c5c6ccccc6ccc54)cc3)nc(-c3ccc4c(c3)sc3ccccc34)n2)cc1. The fourth-order valence-electron chi connectivity index (χ4n) is 7.95. The first kappa shape index (κ1) is 29.1. The van der Waals surface area contributed by atoms with E-state index in [0.29, 0.717) is 0 Å². The second-order valence-electron chi connectivity index (χ2n) is 13.4. The Kier molecular flexibility index (Phi) is 6.42. The molecule has 11 rings (SSSR count). The van der Waals surface area contributed by atoms with Crippen LogP contribution in [0.3, 0.4) is 0 Å². The molecule has 11 aromatic rings. The predicted molar refractivity (Wildman–Crippen MR) is 221 cm³/mol. The summed E-state index contributed by atoms with van der Waals surface area (Å²) < 4.78 is 4.94. The van der Waals surface area contributed by atoms with Crippen molar-refractivity contribution in [2.75, 3.05) is 0 Å². The molecule has 0 aliphatic heterocycles. The summed E-state index contributed by atoms with van der Waals surface area (Å²) in [6, 6.07) is 63.1. The van der Waals surface area contributed by atoms with Gasteiger partial charge in [0.2, 0.25) is 0 Å². The molecule has 3 aromatic heterocycles. The zero-order valence-corrected chi connectivity index (χ0v) is 28.8. The quantitative estimate of drug-likeness (QED) is 0.185. The molecule has 4 heteroatoms. The molecule has 0 radical (unpaired) electrons. The first-order chi connectivity index (χ1) is 25.8. The van der Waals surface area contributed by atoms with Crippen molar-refractivity contribution in [1.82, 2.24) is 14.5 Å². The van der Waals surface area contributed by atoms with Crippen LogP contribution >= 0.6 is 11.3 Å². The van der Waals surface area contributed by atoms with Crippen molar-refractivity contribution in [3.05, 3.63) is 176 Å². The minimum Gasteiger partial charge on any atom is -0.309 e. The minimum absolute atomic E-state index is 0.723. The van der Waals surface area contributed by atoms with E-state index in [-0.39, 0.29) is 0 Å². The molecule has 0 aliphatic rings. The van der Waals surface area contributed by atoms with Crippen LogP contribution in [0.15, 0.2) is 176 Å². The molecule has 0 N–H and O–H groups in total. The van der Waals surface area contributed by atoms with Crippen molar-refractivity contribution in [3.8, 4) is 39.6 Å². The van der Waals surface area contributed by atoms with Gasteiger partial charge in [0.15, 0.2) is 5.82 Å². The number of aromatic nitrogens is 3. The van der Waals surface area contributed by atoms with Crippen molar-refractivity contribution in [2.24, 2.45) is 0 Å². The molecule has 0 amide bonds. The maximum Gasteiger partial charge on any atom is 0.160 e. The number of hydrogen-bond donors (Lipinski definition) is 0. The number of benzene rings is 8. The lowest BCUT2D eigenvalue weighted by molar-refractivity contribution is 1.17. The summed E-state index contributed by atoms with van der Waals surface area (Å²) in [7, 11) is 0. The highest BCUT2D eigenvalue weighted by Gasteiger charge is 2.18. The average Bonchev–Trinajstić information content (AvgIpc) is 3.77. The van der Waals surface area contributed by atoms with Gasteiger partial charge in [0.05, 0.1) is 22.4 Å². The van der Waals surface area contributed by atoms with Crippen LogP contribution in [0.2, 0.25) is 0 Å². The Hall–Kier alpha value is -6.62. The van der Waals surface area contributed by atoms with E-state index in [1.165, 1.54) is 63.5 Å². The fourth-order valence-corrected chi connectivity index (χ4v) is 9.10. The van der Waals surface area contributed by atoms with Crippen molar-refractivity contribution < 1.29 is 0 Å². The molecule has 242 valence electrons. The van der Waals surface area contributed by atoms with Crippen LogP contribution in [0.4, 0.5) is 0 Å². The Morgan fingerprint density at radius 2 is 0.923 bits per heavy atom. The van der Waals surface area contributed by atoms with Gasteiger partial charge in [-0.25, -0.2) is 9.97 Å². The molecule has 52 heavy (non-hydrogen) atoms. The minimum atomic E-state index is 0.723. The third kappa shape index (κ3) is 4.51. The van der Waals surface area contributed by atoms with Crippen molar-refractivity contribution in [1.29, 1.82) is 0 Å². The lowest BCUT2D eigenvalue weighted by atomic mass is 10.00. The average molecular weight is 680 g/mol. The van der Waals surface area contributed by atoms with Crippen LogP contribution in [-0.2, 0) is 0 Å². The molecule has 0 bridgehead atoms. The summed E-state index contributed by atoms with van der Waals surface area (Å²) in [5.41, 5.74) is 8.44. The second-order valence-corrected chi connectivity index (χ2v) is 14.5. The summed E-state index contributed by atoms with van der Waals surface area (Å²) in [4.78, 5) is 10.3. The van der Waals surface area contributed by atoms with E-state index in [9.17, 15) is 0 Å². The number of hydrogen-bond acceptors (Lipinski definition) is 3. The van der Waals surface area contributed by atoms with E-state index in [4.69, 9.17) is 9.97 Å². The molecule has 0 saturated carbocycles. The Morgan fingerprint density at radius 3 is 1.60 bits per heavy atom. The van der Waals surface area contributed by atoms with Gasteiger partial charge in [-0.15, -0.1) is 11.3 Å². The lowest BCUT2D eigenvalue weighted by Crippen LogP contribution is -1.97. The van der Waals surface area contributed by atoms with E-state index >= 15 is 0 Å². The normalized spacial score (nSPS) is 11.8. The molecular weight excluding hydrogens is 651 g/mol. The summed E-state index contributed by atoms with van der Waals surface area (Å²) in [5.74, 6) is 0.723. The predicted octanol–water partition coefficient (Wildman–Crippen LogP) is 13.2. The maximum atomic E-state index is 5.21. The summed E-state index contributed by atoms with van der Waals surface area (Å²) in [6.07, 6.45) is 0. The molecule has 0 unspecified atom stereocenters. The zero-order chi connectivity index (χ0) is 34.2. The third-order valence-electron chi connectivity index (χ3n) is 10.4. The topological polar surface area (TPSA) is 30.7 Å². The van der Waals surface area contributed by atoms with E-state index < -0.39 is 0 Å². The fraction of sp³-hybridized carbons (Fsp3) is 0. The number of nitrogens with zero attached hydrogens (tertiary/aromatic N) is 3. The Morgan fingerprint density at radius 1 is 0.385 bits per heavy atom. The number of fused-ring (bicyclic) bond motifs is 10. The Labute approximate surface area is 303 Å². The van der Waals surface area contributed by atoms with Gasteiger partial charge < -0.3 is 4.57 Å². The van der Waals surface area contributed by atoms with Crippen molar-refractivity contribution in [2.45, 2.75) is 0 Å². The first-order valence-electron chi connectivity index (χ1n) is 17.6. The van der Waals surface area contributed by atoms with E-state index in [2.05, 4.69) is 174 Å². The molecule has 0 saturated heterocycles. The number of rotatable bonds is 4. The monoisotopic (exact) mass is 679 g/mol. The molecule has 8 aromatic carbocycles. The molecule has 3 nitrogen and oxygen atoms in total. The van der Waals surface area contributed by atoms with Crippen molar-refractivity contribution in [3.63, 3.8) is 0 Å². The van der Waals surface area contributed by atoms with Gasteiger partial charge in [0, 0.05) is 53.3 Å². The first-order valence-corrected chi connectivity index (χ1v) is 18.4. The van der Waals surface area contributed by atoms with Crippen LogP contribution in [0.1, 0.15) is 0 Å². The second kappa shape index (κ2) is 11.5. The summed E-state index contributed by atoms with van der Waals surface area (Å²) in [6.45, 7) is 0. The third-order valence-corrected chi connectivity index (χ3v) is 11.5. The van der Waals surface area contributed by atoms with E-state index in [0.717, 1.165) is 39.6 Å². The van der Waals surface area contributed by atoms with Gasteiger partial charge in [-0.05, 0) is 64.0 Å². The van der Waals surface area contributed by atoms with Crippen LogP contribution in [0.5, 0.6) is 0 Å². The lowest BCUT2D eigenvalue weighted by Gasteiger charge is -2.12. The van der Waals surface area contributed by atoms with Gasteiger partial charge >= 0.3 is 0 Å². The van der Waals surface area contributed by atoms with Gasteiger partial charge in [-0.3, -0.25) is 0 Å². The maximum absolute atomic E-state index is 5.21. The smallest absolute Gasteiger partial charge is 0.160 e. The van der Waals surface area contributed by atoms with Gasteiger partial charge in [0.1, 0.15) is 0 Å². The summed E-state index contributed by atoms with van der Waals surface area (Å²) >= 11 is 1.82. The van der Waals surface area contributed by atoms with E-state index in [1.54, 1.807) is 0 Å². The van der Waals surface area contributed by atoms with Crippen LogP contribution in [0, 0.1) is 0 Å². The molecule has 0 atom stereocenters. The highest BCUT2D eigenvalue weighted by atomic mass is 32.1. The van der Waals surface area contributed by atoms with Gasteiger partial charge in [0.25, 0.3) is 0 Å². The van der Waals surface area contributed by atoms with Crippen LogP contribution in [-0.4, -0.2) is 14.5 Å². The van der Waals surface area contributed by atoms with Gasteiger partial charge in [-0.2, -0.15) is 0 Å².